The van der Waals surface area contributed by atoms with Crippen molar-refractivity contribution in [1.82, 2.24) is 4.98 Å². The summed E-state index contributed by atoms with van der Waals surface area (Å²) < 4.78 is 0. The number of H-pyrrole nitrogens is 1. The summed E-state index contributed by atoms with van der Waals surface area (Å²) >= 11 is 1.77. The zero-order chi connectivity index (χ0) is 19.6. The fourth-order valence-electron chi connectivity index (χ4n) is 3.41. The topological polar surface area (TPSA) is 133 Å². The maximum atomic E-state index is 12.1. The van der Waals surface area contributed by atoms with E-state index >= 15 is 0 Å². The van der Waals surface area contributed by atoms with Gasteiger partial charge in [0.2, 0.25) is 0 Å². The molecule has 1 fully saturated rings. The van der Waals surface area contributed by atoms with Crippen molar-refractivity contribution in [1.29, 1.82) is 0 Å². The first-order valence-electron chi connectivity index (χ1n) is 8.68. The molecule has 0 saturated heterocycles. The molecule has 3 rings (SSSR count). The average Bonchev–Trinajstić information content (AvgIpc) is 2.62. The Morgan fingerprint density at radius 3 is 2.15 bits per heavy atom. The lowest BCUT2D eigenvalue weighted by atomic mass is 9.95. The Hall–Kier alpha value is -2.74. The lowest BCUT2D eigenvalue weighted by molar-refractivity contribution is 0.0695. The minimum absolute atomic E-state index is 0.175. The number of aromatic carboxylic acids is 2. The lowest BCUT2D eigenvalue weighted by Crippen LogP contribution is -2.24. The van der Waals surface area contributed by atoms with Crippen molar-refractivity contribution in [3.8, 4) is 11.1 Å². The quantitative estimate of drug-likeness (QED) is 0.616. The standard InChI is InChI=1S/C19H20N2O5S/c20-16-14(18(23)24)13(15(19(25)26)17(22)21-16)10-6-8-12(9-7-10)27-11-4-2-1-3-5-11/h6-9,11H,1-5H2,(H,23,24)(H,25,26)(H3,20,21,22). The van der Waals surface area contributed by atoms with E-state index in [0.717, 1.165) is 4.90 Å². The van der Waals surface area contributed by atoms with Gasteiger partial charge in [-0.25, -0.2) is 9.59 Å². The zero-order valence-electron chi connectivity index (χ0n) is 14.5. The van der Waals surface area contributed by atoms with Crippen LogP contribution in [0.4, 0.5) is 5.82 Å². The molecule has 7 nitrogen and oxygen atoms in total. The van der Waals surface area contributed by atoms with E-state index in [-0.39, 0.29) is 11.4 Å². The number of aromatic amines is 1. The first kappa shape index (κ1) is 19.0. The highest BCUT2D eigenvalue weighted by Gasteiger charge is 2.26. The second kappa shape index (κ2) is 7.87. The molecule has 0 atom stereocenters. The third-order valence-electron chi connectivity index (χ3n) is 4.67. The molecule has 0 spiro atoms. The Kier molecular flexibility index (Phi) is 5.55. The van der Waals surface area contributed by atoms with E-state index in [0.29, 0.717) is 10.8 Å². The predicted molar refractivity (Wildman–Crippen MR) is 104 cm³/mol. The maximum absolute atomic E-state index is 12.1. The van der Waals surface area contributed by atoms with E-state index < -0.39 is 28.6 Å². The molecular weight excluding hydrogens is 368 g/mol. The van der Waals surface area contributed by atoms with Gasteiger partial charge in [0, 0.05) is 15.7 Å². The summed E-state index contributed by atoms with van der Waals surface area (Å²) in [6, 6.07) is 6.92. The van der Waals surface area contributed by atoms with Crippen LogP contribution >= 0.6 is 11.8 Å². The van der Waals surface area contributed by atoms with Crippen LogP contribution in [-0.2, 0) is 0 Å². The number of benzene rings is 1. The van der Waals surface area contributed by atoms with Gasteiger partial charge in [0.05, 0.1) is 0 Å². The van der Waals surface area contributed by atoms with Crippen molar-refractivity contribution in [3.05, 3.63) is 45.7 Å². The molecule has 142 valence electrons. The Bertz CT molecular complexity index is 930. The van der Waals surface area contributed by atoms with Gasteiger partial charge in [-0.2, -0.15) is 0 Å². The average molecular weight is 388 g/mol. The summed E-state index contributed by atoms with van der Waals surface area (Å²) in [7, 11) is 0. The largest absolute Gasteiger partial charge is 0.478 e. The molecule has 0 amide bonds. The number of nitrogens with one attached hydrogen (secondary N) is 1. The second-order valence-corrected chi connectivity index (χ2v) is 7.88. The van der Waals surface area contributed by atoms with E-state index in [1.54, 1.807) is 23.9 Å². The highest BCUT2D eigenvalue weighted by atomic mass is 32.2. The third kappa shape index (κ3) is 4.00. The normalized spacial score (nSPS) is 14.8. The molecule has 1 aliphatic rings. The molecule has 1 saturated carbocycles. The molecule has 1 aromatic heterocycles. The van der Waals surface area contributed by atoms with Crippen LogP contribution in [0.25, 0.3) is 11.1 Å². The molecule has 1 aliphatic carbocycles. The minimum Gasteiger partial charge on any atom is -0.478 e. The summed E-state index contributed by atoms with van der Waals surface area (Å²) in [6.45, 7) is 0. The van der Waals surface area contributed by atoms with Gasteiger partial charge in [0.15, 0.2) is 0 Å². The molecule has 2 aromatic rings. The van der Waals surface area contributed by atoms with Crippen molar-refractivity contribution in [3.63, 3.8) is 0 Å². The fraction of sp³-hybridized carbons (Fsp3) is 0.316. The van der Waals surface area contributed by atoms with Crippen molar-refractivity contribution < 1.29 is 19.8 Å². The molecular formula is C19H20N2O5S. The van der Waals surface area contributed by atoms with Crippen LogP contribution in [0.3, 0.4) is 0 Å². The predicted octanol–water partition coefficient (Wildman–Crippen LogP) is 3.45. The summed E-state index contributed by atoms with van der Waals surface area (Å²) in [5.74, 6) is -3.27. The Labute approximate surface area is 159 Å². The maximum Gasteiger partial charge on any atom is 0.342 e. The van der Waals surface area contributed by atoms with Gasteiger partial charge in [0.1, 0.15) is 16.9 Å². The number of aromatic nitrogens is 1. The second-order valence-electron chi connectivity index (χ2n) is 6.51. The SMILES string of the molecule is Nc1[nH]c(=O)c(C(=O)O)c(-c2ccc(SC3CCCCC3)cc2)c1C(=O)O. The monoisotopic (exact) mass is 388 g/mol. The number of rotatable bonds is 5. The van der Waals surface area contributed by atoms with Crippen LogP contribution in [-0.4, -0.2) is 32.4 Å². The number of hydrogen-bond donors (Lipinski definition) is 4. The van der Waals surface area contributed by atoms with Crippen LogP contribution in [0, 0.1) is 0 Å². The van der Waals surface area contributed by atoms with E-state index in [1.807, 2.05) is 12.1 Å². The number of carboxylic acid groups (broad SMARTS) is 2. The molecule has 0 unspecified atom stereocenters. The summed E-state index contributed by atoms with van der Waals surface area (Å²) in [4.78, 5) is 38.4. The Morgan fingerprint density at radius 2 is 1.59 bits per heavy atom. The van der Waals surface area contributed by atoms with Gasteiger partial charge >= 0.3 is 11.9 Å². The number of hydrogen-bond acceptors (Lipinski definition) is 5. The number of pyridine rings is 1. The summed E-state index contributed by atoms with van der Waals surface area (Å²) in [5.41, 5.74) is 3.83. The molecule has 1 heterocycles. The highest BCUT2D eigenvalue weighted by Crippen LogP contribution is 2.35. The first-order valence-corrected chi connectivity index (χ1v) is 9.56. The van der Waals surface area contributed by atoms with E-state index in [4.69, 9.17) is 5.73 Å². The summed E-state index contributed by atoms with van der Waals surface area (Å²) in [6.07, 6.45) is 6.07. The Morgan fingerprint density at radius 1 is 1.00 bits per heavy atom. The van der Waals surface area contributed by atoms with Crippen LogP contribution in [0.2, 0.25) is 0 Å². The molecule has 1 aromatic carbocycles. The van der Waals surface area contributed by atoms with Gasteiger partial charge in [0.25, 0.3) is 5.56 Å². The van der Waals surface area contributed by atoms with Crippen LogP contribution in [0.5, 0.6) is 0 Å². The Balaban J connectivity index is 2.03. The smallest absolute Gasteiger partial charge is 0.342 e. The van der Waals surface area contributed by atoms with E-state index in [1.165, 1.54) is 32.1 Å². The number of nitrogens with two attached hydrogens (primary N) is 1. The van der Waals surface area contributed by atoms with Crippen molar-refractivity contribution >= 4 is 29.5 Å². The van der Waals surface area contributed by atoms with Crippen LogP contribution in [0.15, 0.2) is 34.0 Å². The number of carboxylic acids is 2. The third-order valence-corrected chi connectivity index (χ3v) is 6.02. The minimum atomic E-state index is -1.51. The molecule has 0 bridgehead atoms. The number of carbonyl (C=O) groups is 2. The number of thioether (sulfide) groups is 1. The highest BCUT2D eigenvalue weighted by molar-refractivity contribution is 8.00. The summed E-state index contributed by atoms with van der Waals surface area (Å²) in [5, 5.41) is 19.5. The van der Waals surface area contributed by atoms with Gasteiger partial charge < -0.3 is 20.9 Å². The fourth-order valence-corrected chi connectivity index (χ4v) is 4.66. The van der Waals surface area contributed by atoms with E-state index in [2.05, 4.69) is 4.98 Å². The van der Waals surface area contributed by atoms with Crippen molar-refractivity contribution in [2.45, 2.75) is 42.2 Å². The lowest BCUT2D eigenvalue weighted by Gasteiger charge is -2.21. The molecule has 0 radical (unpaired) electrons. The molecule has 27 heavy (non-hydrogen) atoms. The van der Waals surface area contributed by atoms with Crippen molar-refractivity contribution in [2.24, 2.45) is 0 Å². The van der Waals surface area contributed by atoms with Gasteiger partial charge in [-0.1, -0.05) is 31.4 Å². The molecule has 8 heteroatoms. The van der Waals surface area contributed by atoms with Crippen molar-refractivity contribution in [2.75, 3.05) is 5.73 Å². The zero-order valence-corrected chi connectivity index (χ0v) is 15.3. The number of anilines is 1. The van der Waals surface area contributed by atoms with Gasteiger partial charge in [-0.05, 0) is 30.5 Å². The van der Waals surface area contributed by atoms with Gasteiger partial charge in [-0.3, -0.25) is 4.79 Å². The first-order chi connectivity index (χ1) is 12.9. The molecule has 5 N–H and O–H groups in total. The van der Waals surface area contributed by atoms with E-state index in [9.17, 15) is 24.6 Å². The molecule has 0 aliphatic heterocycles. The van der Waals surface area contributed by atoms with Crippen LogP contribution < -0.4 is 11.3 Å². The van der Waals surface area contributed by atoms with Gasteiger partial charge in [-0.15, -0.1) is 11.8 Å². The van der Waals surface area contributed by atoms with Crippen LogP contribution in [0.1, 0.15) is 52.8 Å². The number of nitrogen functional groups attached to an aromatic ring is 1.